The highest BCUT2D eigenvalue weighted by atomic mass is 32.2. The highest BCUT2D eigenvalue weighted by Gasteiger charge is 2.54. The number of thiazole rings is 1. The number of aromatic nitrogens is 5. The maximum absolute atomic E-state index is 12.8. The predicted molar refractivity (Wildman–Crippen MR) is 121 cm³/mol. The van der Waals surface area contributed by atoms with E-state index in [1.54, 1.807) is 5.38 Å². The third kappa shape index (κ3) is 4.39. The van der Waals surface area contributed by atoms with E-state index in [1.165, 1.54) is 33.1 Å². The number of anilines is 1. The van der Waals surface area contributed by atoms with Gasteiger partial charge < -0.3 is 21.9 Å². The lowest BCUT2D eigenvalue weighted by Gasteiger charge is -2.49. The molecule has 16 heteroatoms. The van der Waals surface area contributed by atoms with Gasteiger partial charge in [-0.1, -0.05) is 17.7 Å². The molecule has 1 saturated heterocycles. The van der Waals surface area contributed by atoms with Gasteiger partial charge in [0.25, 0.3) is 5.91 Å². The standard InChI is InChI=1S/C17H17N9O4S3/c1-2-3-25-17(22-23-24-25)33-5-7-4-31-14-10(13(28)26(14)11(7)15(29)30)21-12(27)9(18)8-6-32-16(19)20-8/h1,6,9-10,14H,3-5,18H2,(H2,19,20)(H,21,27)(H,29,30)/t9?,10?,14-/m0/s1. The van der Waals surface area contributed by atoms with Crippen LogP contribution in [0.15, 0.2) is 21.8 Å². The maximum atomic E-state index is 12.8. The minimum atomic E-state index is -1.23. The Morgan fingerprint density at radius 2 is 2.27 bits per heavy atom. The topological polar surface area (TPSA) is 195 Å². The smallest absolute Gasteiger partial charge is 0.352 e. The number of nitrogen functional groups attached to an aromatic ring is 1. The Kier molecular flexibility index (Phi) is 6.56. The van der Waals surface area contributed by atoms with E-state index in [1.807, 2.05) is 0 Å². The molecule has 4 heterocycles. The maximum Gasteiger partial charge on any atom is 0.352 e. The summed E-state index contributed by atoms with van der Waals surface area (Å²) in [5, 5.41) is 25.3. The van der Waals surface area contributed by atoms with E-state index in [-0.39, 0.29) is 23.1 Å². The molecule has 6 N–H and O–H groups in total. The Morgan fingerprint density at radius 1 is 1.48 bits per heavy atom. The number of tetrazole rings is 1. The molecule has 172 valence electrons. The van der Waals surface area contributed by atoms with Gasteiger partial charge in [0, 0.05) is 16.9 Å². The number of fused-ring (bicyclic) bond motifs is 1. The molecule has 2 unspecified atom stereocenters. The van der Waals surface area contributed by atoms with Crippen molar-refractivity contribution in [3.8, 4) is 12.3 Å². The molecule has 13 nitrogen and oxygen atoms in total. The molecule has 0 aliphatic carbocycles. The van der Waals surface area contributed by atoms with Crippen LogP contribution in [-0.2, 0) is 20.9 Å². The summed E-state index contributed by atoms with van der Waals surface area (Å²) >= 11 is 3.72. The van der Waals surface area contributed by atoms with Crippen LogP contribution in [-0.4, -0.2) is 75.9 Å². The number of nitrogens with zero attached hydrogens (tertiary/aromatic N) is 6. The number of aliphatic carboxylic acids is 1. The van der Waals surface area contributed by atoms with Crippen LogP contribution in [0.3, 0.4) is 0 Å². The van der Waals surface area contributed by atoms with Crippen molar-refractivity contribution < 1.29 is 19.5 Å². The van der Waals surface area contributed by atoms with Crippen molar-refractivity contribution in [1.82, 2.24) is 35.4 Å². The summed E-state index contributed by atoms with van der Waals surface area (Å²) in [6.07, 6.45) is 5.29. The number of terminal acetylenes is 1. The summed E-state index contributed by atoms with van der Waals surface area (Å²) in [6.45, 7) is 0.179. The molecule has 2 aromatic rings. The van der Waals surface area contributed by atoms with Crippen LogP contribution in [0.2, 0.25) is 0 Å². The van der Waals surface area contributed by atoms with E-state index < -0.39 is 35.2 Å². The highest BCUT2D eigenvalue weighted by molar-refractivity contribution is 8.01. The van der Waals surface area contributed by atoms with Gasteiger partial charge in [0.15, 0.2) is 5.13 Å². The summed E-state index contributed by atoms with van der Waals surface area (Å²) in [4.78, 5) is 42.5. The number of carbonyl (C=O) groups is 3. The molecule has 0 aromatic carbocycles. The number of rotatable bonds is 8. The lowest BCUT2D eigenvalue weighted by molar-refractivity contribution is -0.150. The van der Waals surface area contributed by atoms with Crippen molar-refractivity contribution in [2.75, 3.05) is 17.2 Å². The molecule has 1 fully saturated rings. The molecule has 0 saturated carbocycles. The SMILES string of the molecule is C#CCn1nnnc1SCC1=C(C(=O)O)N2C(=O)C(NC(=O)C(N)c3csc(N)n3)[C@@H]2SC1. The summed E-state index contributed by atoms with van der Waals surface area (Å²) in [5.41, 5.74) is 12.2. The number of thioether (sulfide) groups is 2. The van der Waals surface area contributed by atoms with E-state index in [4.69, 9.17) is 17.9 Å². The number of hydrogen-bond donors (Lipinski definition) is 4. The van der Waals surface area contributed by atoms with Crippen molar-refractivity contribution in [2.45, 2.75) is 29.2 Å². The third-order valence-corrected chi connectivity index (χ3v) is 7.88. The number of carbonyl (C=O) groups excluding carboxylic acids is 2. The fourth-order valence-corrected chi connectivity index (χ4v) is 6.21. The first-order valence-electron chi connectivity index (χ1n) is 9.31. The van der Waals surface area contributed by atoms with Gasteiger partial charge in [0.2, 0.25) is 11.1 Å². The number of carboxylic acids is 1. The van der Waals surface area contributed by atoms with Crippen LogP contribution >= 0.6 is 34.9 Å². The molecular formula is C17H17N9O4S3. The van der Waals surface area contributed by atoms with Gasteiger partial charge in [-0.25, -0.2) is 14.5 Å². The molecule has 0 radical (unpaired) electrons. The zero-order valence-corrected chi connectivity index (χ0v) is 19.2. The van der Waals surface area contributed by atoms with Crippen LogP contribution in [0.5, 0.6) is 0 Å². The lowest BCUT2D eigenvalue weighted by Crippen LogP contribution is -2.71. The zero-order chi connectivity index (χ0) is 23.7. The van der Waals surface area contributed by atoms with Gasteiger partial charge in [-0.05, 0) is 16.0 Å². The summed E-state index contributed by atoms with van der Waals surface area (Å²) in [7, 11) is 0. The Bertz CT molecular complexity index is 1190. The minimum absolute atomic E-state index is 0.103. The Morgan fingerprint density at radius 3 is 2.94 bits per heavy atom. The normalized spacial score (nSPS) is 20.6. The first-order valence-corrected chi connectivity index (χ1v) is 12.2. The predicted octanol–water partition coefficient (Wildman–Crippen LogP) is -1.12. The average molecular weight is 508 g/mol. The van der Waals surface area contributed by atoms with Crippen molar-refractivity contribution in [1.29, 1.82) is 0 Å². The van der Waals surface area contributed by atoms with Gasteiger partial charge in [0.05, 0.1) is 5.69 Å². The van der Waals surface area contributed by atoms with Crippen molar-refractivity contribution in [3.63, 3.8) is 0 Å². The molecule has 3 atom stereocenters. The lowest BCUT2D eigenvalue weighted by atomic mass is 10.0. The fourth-order valence-electron chi connectivity index (χ4n) is 3.25. The zero-order valence-electron chi connectivity index (χ0n) is 16.7. The molecule has 2 aliphatic heterocycles. The number of amides is 2. The average Bonchev–Trinajstić information content (AvgIpc) is 3.43. The largest absolute Gasteiger partial charge is 0.477 e. The molecule has 0 spiro atoms. The van der Waals surface area contributed by atoms with Crippen LogP contribution in [0.4, 0.5) is 5.13 Å². The monoisotopic (exact) mass is 507 g/mol. The van der Waals surface area contributed by atoms with E-state index in [9.17, 15) is 19.5 Å². The van der Waals surface area contributed by atoms with Gasteiger partial charge >= 0.3 is 5.97 Å². The molecule has 33 heavy (non-hydrogen) atoms. The number of hydrogen-bond acceptors (Lipinski definition) is 12. The van der Waals surface area contributed by atoms with Crippen molar-refractivity contribution >= 4 is 57.8 Å². The fraction of sp³-hybridized carbons (Fsp3) is 0.353. The van der Waals surface area contributed by atoms with Crippen molar-refractivity contribution in [2.24, 2.45) is 5.73 Å². The van der Waals surface area contributed by atoms with E-state index >= 15 is 0 Å². The van der Waals surface area contributed by atoms with Crippen LogP contribution in [0.1, 0.15) is 11.7 Å². The second kappa shape index (κ2) is 9.39. The number of nitrogens with two attached hydrogens (primary N) is 2. The molecule has 2 amide bonds. The quantitative estimate of drug-likeness (QED) is 0.191. The Labute approximate surface area is 199 Å². The number of nitrogens with one attached hydrogen (secondary N) is 1. The summed E-state index contributed by atoms with van der Waals surface area (Å²) in [6, 6.07) is -1.99. The molecule has 0 bridgehead atoms. The highest BCUT2D eigenvalue weighted by Crippen LogP contribution is 2.41. The minimum Gasteiger partial charge on any atom is -0.477 e. The van der Waals surface area contributed by atoms with Gasteiger partial charge in [-0.15, -0.1) is 34.6 Å². The van der Waals surface area contributed by atoms with Crippen LogP contribution in [0, 0.1) is 12.3 Å². The van der Waals surface area contributed by atoms with Gasteiger partial charge in [-0.2, -0.15) is 0 Å². The summed E-state index contributed by atoms with van der Waals surface area (Å²) in [5.74, 6) is 0.684. The summed E-state index contributed by atoms with van der Waals surface area (Å²) < 4.78 is 1.42. The van der Waals surface area contributed by atoms with Gasteiger partial charge in [0.1, 0.15) is 29.7 Å². The first-order chi connectivity index (χ1) is 15.8. The molecule has 2 aliphatic rings. The Hall–Kier alpha value is -3.13. The van der Waals surface area contributed by atoms with Crippen molar-refractivity contribution in [3.05, 3.63) is 22.3 Å². The van der Waals surface area contributed by atoms with Gasteiger partial charge in [-0.3, -0.25) is 14.5 Å². The Balaban J connectivity index is 1.45. The second-order valence-electron chi connectivity index (χ2n) is 6.85. The third-order valence-electron chi connectivity index (χ3n) is 4.80. The molecular weight excluding hydrogens is 490 g/mol. The van der Waals surface area contributed by atoms with E-state index in [0.717, 1.165) is 11.3 Å². The molecule has 4 rings (SSSR count). The first kappa shape index (κ1) is 23.0. The van der Waals surface area contributed by atoms with Crippen LogP contribution < -0.4 is 16.8 Å². The number of carboxylic acid groups (broad SMARTS) is 1. The van der Waals surface area contributed by atoms with Crippen LogP contribution in [0.25, 0.3) is 0 Å². The molecule has 2 aromatic heterocycles. The second-order valence-corrected chi connectivity index (χ2v) is 9.79. The van der Waals surface area contributed by atoms with E-state index in [0.29, 0.717) is 22.2 Å². The van der Waals surface area contributed by atoms with E-state index in [2.05, 4.69) is 31.7 Å². The number of β-lactam (4-membered cyclic amide) rings is 1.